The molecule has 4 N–H and O–H groups in total. The largest absolute Gasteiger partial charge is 0.397 e. The number of amides is 2. The van der Waals surface area contributed by atoms with Crippen molar-refractivity contribution in [2.24, 2.45) is 0 Å². The Morgan fingerprint density at radius 1 is 0.800 bits per heavy atom. The first kappa shape index (κ1) is 22.8. The lowest BCUT2D eigenvalue weighted by atomic mass is 9.99. The van der Waals surface area contributed by atoms with Crippen molar-refractivity contribution in [3.63, 3.8) is 0 Å². The number of pyridine rings is 1. The highest BCUT2D eigenvalue weighted by molar-refractivity contribution is 9.10. The number of hydrogen-bond donors (Lipinski definition) is 3. The van der Waals surface area contributed by atoms with Crippen LogP contribution in [0.2, 0.25) is 0 Å². The number of halogens is 1. The number of carbonyl (C=O) groups excluding carboxylic acids is 2. The summed E-state index contributed by atoms with van der Waals surface area (Å²) in [5, 5.41) is 0.712. The molecule has 3 aromatic carbocycles. The summed E-state index contributed by atoms with van der Waals surface area (Å²) in [5.74, 6) is -0.942. The van der Waals surface area contributed by atoms with E-state index < -0.39 is 11.8 Å². The summed E-state index contributed by atoms with van der Waals surface area (Å²) in [5.41, 5.74) is 15.8. The standard InChI is InChI=1S/C27H19BrN4O2S/c28-19-13-7-12-18(14-19)25(33)31-32-26(34)24-23(29)22-20(16-8-3-1-4-9-16)15-21(30-27(22)35-24)17-10-5-2-6-11-17/h1-15H,29H2,(H,31,33)(H,32,34). The van der Waals surface area contributed by atoms with Crippen LogP contribution in [0.15, 0.2) is 95.5 Å². The summed E-state index contributed by atoms with van der Waals surface area (Å²) in [6, 6.07) is 28.6. The van der Waals surface area contributed by atoms with Gasteiger partial charge in [-0.3, -0.25) is 20.4 Å². The van der Waals surface area contributed by atoms with E-state index >= 15 is 0 Å². The predicted molar refractivity (Wildman–Crippen MR) is 144 cm³/mol. The normalized spacial score (nSPS) is 10.8. The second kappa shape index (κ2) is 9.69. The molecule has 2 aromatic heterocycles. The Kier molecular flexibility index (Phi) is 6.31. The summed E-state index contributed by atoms with van der Waals surface area (Å²) in [4.78, 5) is 31.2. The van der Waals surface area contributed by atoms with E-state index in [0.29, 0.717) is 21.5 Å². The molecule has 5 rings (SSSR count). The van der Waals surface area contributed by atoms with Crippen LogP contribution in [-0.4, -0.2) is 16.8 Å². The molecular formula is C27H19BrN4O2S. The van der Waals surface area contributed by atoms with Crippen LogP contribution in [0.3, 0.4) is 0 Å². The maximum absolute atomic E-state index is 13.0. The molecule has 2 heterocycles. The van der Waals surface area contributed by atoms with E-state index in [4.69, 9.17) is 10.7 Å². The van der Waals surface area contributed by atoms with Crippen LogP contribution in [0, 0.1) is 0 Å². The lowest BCUT2D eigenvalue weighted by molar-refractivity contribution is 0.0849. The van der Waals surface area contributed by atoms with E-state index in [0.717, 1.165) is 26.9 Å². The van der Waals surface area contributed by atoms with Gasteiger partial charge in [-0.15, -0.1) is 11.3 Å². The number of nitrogens with two attached hydrogens (primary N) is 1. The molecule has 0 spiro atoms. The number of rotatable bonds is 4. The van der Waals surface area contributed by atoms with Crippen LogP contribution in [-0.2, 0) is 0 Å². The molecule has 0 fully saturated rings. The first-order valence-electron chi connectivity index (χ1n) is 10.7. The zero-order chi connectivity index (χ0) is 24.4. The van der Waals surface area contributed by atoms with Gasteiger partial charge in [0.05, 0.1) is 11.4 Å². The van der Waals surface area contributed by atoms with Crippen LogP contribution in [0.25, 0.3) is 32.6 Å². The highest BCUT2D eigenvalue weighted by Gasteiger charge is 2.22. The molecule has 0 aliphatic rings. The molecule has 0 saturated carbocycles. The van der Waals surface area contributed by atoms with E-state index in [9.17, 15) is 9.59 Å². The summed E-state index contributed by atoms with van der Waals surface area (Å²) >= 11 is 4.53. The fourth-order valence-electron chi connectivity index (χ4n) is 3.76. The van der Waals surface area contributed by atoms with Gasteiger partial charge in [-0.2, -0.15) is 0 Å². The van der Waals surface area contributed by atoms with Gasteiger partial charge in [-0.05, 0) is 35.4 Å². The molecule has 0 unspecified atom stereocenters. The summed E-state index contributed by atoms with van der Waals surface area (Å²) < 4.78 is 0.763. The van der Waals surface area contributed by atoms with E-state index in [1.54, 1.807) is 18.2 Å². The number of fused-ring (bicyclic) bond motifs is 1. The van der Waals surface area contributed by atoms with Gasteiger partial charge in [-0.25, -0.2) is 4.98 Å². The topological polar surface area (TPSA) is 97.1 Å². The van der Waals surface area contributed by atoms with Crippen LogP contribution in [0.5, 0.6) is 0 Å². The maximum Gasteiger partial charge on any atom is 0.281 e. The number of nitrogens with zero attached hydrogens (tertiary/aromatic N) is 1. The minimum atomic E-state index is -0.505. The third-order valence-electron chi connectivity index (χ3n) is 5.44. The van der Waals surface area contributed by atoms with E-state index in [1.807, 2.05) is 72.8 Å². The minimum Gasteiger partial charge on any atom is -0.397 e. The number of thiophene rings is 1. The van der Waals surface area contributed by atoms with E-state index in [2.05, 4.69) is 26.8 Å². The number of benzene rings is 3. The molecule has 0 aliphatic carbocycles. The van der Waals surface area contributed by atoms with Gasteiger partial charge < -0.3 is 5.73 Å². The molecule has 2 amide bonds. The average Bonchev–Trinajstić information content (AvgIpc) is 3.24. The summed E-state index contributed by atoms with van der Waals surface area (Å²) in [7, 11) is 0. The molecule has 8 heteroatoms. The monoisotopic (exact) mass is 542 g/mol. The summed E-state index contributed by atoms with van der Waals surface area (Å²) in [6.45, 7) is 0. The zero-order valence-electron chi connectivity index (χ0n) is 18.3. The molecule has 0 radical (unpaired) electrons. The van der Waals surface area contributed by atoms with Gasteiger partial charge in [0.1, 0.15) is 9.71 Å². The Morgan fingerprint density at radius 3 is 2.14 bits per heavy atom. The fourth-order valence-corrected chi connectivity index (χ4v) is 5.18. The number of hydrogen-bond acceptors (Lipinski definition) is 5. The molecule has 0 bridgehead atoms. The van der Waals surface area contributed by atoms with E-state index in [-0.39, 0.29) is 4.88 Å². The maximum atomic E-state index is 13.0. The number of hydrazine groups is 1. The zero-order valence-corrected chi connectivity index (χ0v) is 20.7. The number of nitrogen functional groups attached to an aromatic ring is 1. The second-order valence-electron chi connectivity index (χ2n) is 7.73. The highest BCUT2D eigenvalue weighted by atomic mass is 79.9. The van der Waals surface area contributed by atoms with Crippen molar-refractivity contribution >= 4 is 55.0 Å². The van der Waals surface area contributed by atoms with Crippen molar-refractivity contribution in [2.45, 2.75) is 0 Å². The molecule has 6 nitrogen and oxygen atoms in total. The third kappa shape index (κ3) is 4.66. The Bertz CT molecular complexity index is 1550. The van der Waals surface area contributed by atoms with Crippen molar-refractivity contribution in [3.05, 3.63) is 106 Å². The Morgan fingerprint density at radius 2 is 1.46 bits per heavy atom. The third-order valence-corrected chi connectivity index (χ3v) is 7.03. The molecule has 0 atom stereocenters. The molecular weight excluding hydrogens is 524 g/mol. The SMILES string of the molecule is Nc1c(C(=O)NNC(=O)c2cccc(Br)c2)sc2nc(-c3ccccc3)cc(-c3ccccc3)c12. The number of anilines is 1. The van der Waals surface area contributed by atoms with Crippen molar-refractivity contribution < 1.29 is 9.59 Å². The van der Waals surface area contributed by atoms with Gasteiger partial charge >= 0.3 is 0 Å². The van der Waals surface area contributed by atoms with Gasteiger partial charge in [0.15, 0.2) is 0 Å². The Hall–Kier alpha value is -4.01. The Balaban J connectivity index is 1.53. The van der Waals surface area contributed by atoms with E-state index in [1.165, 1.54) is 11.3 Å². The van der Waals surface area contributed by atoms with Crippen LogP contribution in [0.4, 0.5) is 5.69 Å². The molecule has 172 valence electrons. The Labute approximate surface area is 213 Å². The van der Waals surface area contributed by atoms with Crippen molar-refractivity contribution in [3.8, 4) is 22.4 Å². The van der Waals surface area contributed by atoms with Gasteiger partial charge in [0, 0.05) is 21.0 Å². The van der Waals surface area contributed by atoms with Gasteiger partial charge in [0.2, 0.25) is 0 Å². The quantitative estimate of drug-likeness (QED) is 0.241. The van der Waals surface area contributed by atoms with Crippen molar-refractivity contribution in [1.82, 2.24) is 15.8 Å². The second-order valence-corrected chi connectivity index (χ2v) is 9.65. The number of aromatic nitrogens is 1. The van der Waals surface area contributed by atoms with Crippen LogP contribution < -0.4 is 16.6 Å². The summed E-state index contributed by atoms with van der Waals surface area (Å²) in [6.07, 6.45) is 0. The first-order chi connectivity index (χ1) is 17.0. The molecule has 5 aromatic rings. The average molecular weight is 543 g/mol. The predicted octanol–water partition coefficient (Wildman–Crippen LogP) is 6.05. The highest BCUT2D eigenvalue weighted by Crippen LogP contribution is 2.41. The number of nitrogens with one attached hydrogen (secondary N) is 2. The van der Waals surface area contributed by atoms with Gasteiger partial charge in [-0.1, -0.05) is 82.7 Å². The van der Waals surface area contributed by atoms with Crippen LogP contribution in [0.1, 0.15) is 20.0 Å². The van der Waals surface area contributed by atoms with Crippen molar-refractivity contribution in [2.75, 3.05) is 5.73 Å². The molecule has 0 saturated heterocycles. The molecule has 35 heavy (non-hydrogen) atoms. The lowest BCUT2D eigenvalue weighted by Crippen LogP contribution is -2.41. The number of carbonyl (C=O) groups is 2. The van der Waals surface area contributed by atoms with Gasteiger partial charge in [0.25, 0.3) is 11.8 Å². The van der Waals surface area contributed by atoms with Crippen molar-refractivity contribution in [1.29, 1.82) is 0 Å². The first-order valence-corrected chi connectivity index (χ1v) is 12.3. The van der Waals surface area contributed by atoms with Crippen LogP contribution >= 0.6 is 27.3 Å². The lowest BCUT2D eigenvalue weighted by Gasteiger charge is -2.09. The fraction of sp³-hybridized carbons (Fsp3) is 0. The minimum absolute atomic E-state index is 0.282. The smallest absolute Gasteiger partial charge is 0.281 e. The molecule has 0 aliphatic heterocycles.